The quantitative estimate of drug-likeness (QED) is 0.373. The molecule has 1 atom stereocenters. The molecule has 0 spiro atoms. The molecule has 1 heterocycles. The lowest BCUT2D eigenvalue weighted by Crippen LogP contribution is -2.43. The van der Waals surface area contributed by atoms with E-state index in [4.69, 9.17) is 15.7 Å². The highest BCUT2D eigenvalue weighted by Crippen LogP contribution is 2.16. The molecule has 2 rings (SSSR count). The predicted molar refractivity (Wildman–Crippen MR) is 69.6 cm³/mol. The molecule has 0 saturated carbocycles. The number of rotatable bonds is 3. The van der Waals surface area contributed by atoms with Gasteiger partial charge in [-0.2, -0.15) is 0 Å². The predicted octanol–water partition coefficient (Wildman–Crippen LogP) is 1.14. The molecular weight excluding hydrogens is 249 g/mol. The van der Waals surface area contributed by atoms with E-state index < -0.39 is 0 Å². The molecule has 1 unspecified atom stereocenters. The van der Waals surface area contributed by atoms with Gasteiger partial charge >= 0.3 is 0 Å². The summed E-state index contributed by atoms with van der Waals surface area (Å²) in [5, 5.41) is 11.4. The third-order valence-electron chi connectivity index (χ3n) is 3.34. The number of nitrogens with two attached hydrogens (primary N) is 1. The molecular formula is C13H18FN3O2. The van der Waals surface area contributed by atoms with Crippen LogP contribution in [0.4, 0.5) is 4.39 Å². The largest absolute Gasteiger partial charge is 0.409 e. The van der Waals surface area contributed by atoms with Crippen LogP contribution in [0.25, 0.3) is 0 Å². The van der Waals surface area contributed by atoms with Gasteiger partial charge in [-0.15, -0.1) is 0 Å². The average Bonchev–Trinajstić information content (AvgIpc) is 2.42. The third kappa shape index (κ3) is 3.21. The van der Waals surface area contributed by atoms with E-state index in [0.29, 0.717) is 30.9 Å². The fourth-order valence-electron chi connectivity index (χ4n) is 2.11. The van der Waals surface area contributed by atoms with Crippen molar-refractivity contribution in [3.63, 3.8) is 0 Å². The second kappa shape index (κ2) is 5.99. The zero-order chi connectivity index (χ0) is 13.8. The lowest BCUT2D eigenvalue weighted by molar-refractivity contribution is -0.00480. The van der Waals surface area contributed by atoms with Crippen LogP contribution in [0.3, 0.4) is 0 Å². The average molecular weight is 267 g/mol. The van der Waals surface area contributed by atoms with Crippen LogP contribution < -0.4 is 5.73 Å². The van der Waals surface area contributed by atoms with E-state index in [2.05, 4.69) is 17.0 Å². The maximum atomic E-state index is 14.0. The van der Waals surface area contributed by atoms with Gasteiger partial charge in [0.2, 0.25) is 0 Å². The van der Waals surface area contributed by atoms with Crippen LogP contribution in [0, 0.1) is 5.82 Å². The van der Waals surface area contributed by atoms with E-state index in [-0.39, 0.29) is 17.7 Å². The minimum Gasteiger partial charge on any atom is -0.409 e. The number of oxime groups is 1. The first-order valence-electron chi connectivity index (χ1n) is 6.20. The highest BCUT2D eigenvalue weighted by Gasteiger charge is 2.20. The molecule has 0 radical (unpaired) electrons. The van der Waals surface area contributed by atoms with E-state index in [1.54, 1.807) is 12.1 Å². The maximum absolute atomic E-state index is 14.0. The fourth-order valence-corrected chi connectivity index (χ4v) is 2.11. The number of morpholine rings is 1. The Morgan fingerprint density at radius 3 is 3.05 bits per heavy atom. The minimum atomic E-state index is -0.345. The SMILES string of the molecule is CC1COCCN1Cc1ccc(/C(N)=N/O)cc1F. The van der Waals surface area contributed by atoms with Crippen molar-refractivity contribution in [1.29, 1.82) is 0 Å². The van der Waals surface area contributed by atoms with Gasteiger partial charge in [-0.05, 0) is 13.0 Å². The summed E-state index contributed by atoms with van der Waals surface area (Å²) in [6.07, 6.45) is 0. The Morgan fingerprint density at radius 2 is 2.42 bits per heavy atom. The van der Waals surface area contributed by atoms with Gasteiger partial charge in [-0.1, -0.05) is 17.3 Å². The number of nitrogens with zero attached hydrogens (tertiary/aromatic N) is 2. The lowest BCUT2D eigenvalue weighted by Gasteiger charge is -2.33. The molecule has 104 valence electrons. The maximum Gasteiger partial charge on any atom is 0.170 e. The standard InChI is InChI=1S/C13H18FN3O2/c1-9-8-19-5-4-17(9)7-11-3-2-10(6-12(11)14)13(15)16-18/h2-3,6,9,18H,4-5,7-8H2,1H3,(H2,15,16). The molecule has 1 aromatic carbocycles. The van der Waals surface area contributed by atoms with E-state index in [0.717, 1.165) is 6.54 Å². The van der Waals surface area contributed by atoms with Crippen molar-refractivity contribution < 1.29 is 14.3 Å². The summed E-state index contributed by atoms with van der Waals surface area (Å²) in [7, 11) is 0. The van der Waals surface area contributed by atoms with Crippen molar-refractivity contribution in [2.45, 2.75) is 19.5 Å². The van der Waals surface area contributed by atoms with Gasteiger partial charge in [0.25, 0.3) is 0 Å². The molecule has 6 heteroatoms. The minimum absolute atomic E-state index is 0.0924. The summed E-state index contributed by atoms with van der Waals surface area (Å²) in [6.45, 7) is 4.73. The first-order valence-corrected chi connectivity index (χ1v) is 6.20. The van der Waals surface area contributed by atoms with E-state index in [1.165, 1.54) is 6.07 Å². The molecule has 1 aromatic rings. The Kier molecular flexibility index (Phi) is 4.34. The van der Waals surface area contributed by atoms with Crippen LogP contribution in [-0.2, 0) is 11.3 Å². The van der Waals surface area contributed by atoms with E-state index in [9.17, 15) is 4.39 Å². The monoisotopic (exact) mass is 267 g/mol. The van der Waals surface area contributed by atoms with E-state index in [1.807, 2.05) is 0 Å². The van der Waals surface area contributed by atoms with Crippen molar-refractivity contribution in [1.82, 2.24) is 4.90 Å². The molecule has 5 nitrogen and oxygen atoms in total. The summed E-state index contributed by atoms with van der Waals surface area (Å²) >= 11 is 0. The second-order valence-electron chi connectivity index (χ2n) is 4.69. The number of hydrogen-bond donors (Lipinski definition) is 2. The molecule has 1 aliphatic rings. The number of benzene rings is 1. The normalized spacial score (nSPS) is 21.6. The Balaban J connectivity index is 2.12. The van der Waals surface area contributed by atoms with Gasteiger partial charge in [-0.25, -0.2) is 4.39 Å². The van der Waals surface area contributed by atoms with Gasteiger partial charge in [0, 0.05) is 30.3 Å². The Bertz CT molecular complexity index is 479. The zero-order valence-corrected chi connectivity index (χ0v) is 10.8. The summed E-state index contributed by atoms with van der Waals surface area (Å²) in [5.41, 5.74) is 6.40. The molecule has 1 saturated heterocycles. The van der Waals surface area contributed by atoms with Crippen LogP contribution in [0.2, 0.25) is 0 Å². The van der Waals surface area contributed by atoms with Crippen LogP contribution >= 0.6 is 0 Å². The molecule has 0 bridgehead atoms. The number of amidine groups is 1. The summed E-state index contributed by atoms with van der Waals surface area (Å²) in [4.78, 5) is 2.17. The molecule has 0 aromatic heterocycles. The molecule has 19 heavy (non-hydrogen) atoms. The Morgan fingerprint density at radius 1 is 1.63 bits per heavy atom. The molecule has 1 fully saturated rings. The van der Waals surface area contributed by atoms with Crippen molar-refractivity contribution in [3.05, 3.63) is 35.1 Å². The van der Waals surface area contributed by atoms with Gasteiger partial charge in [0.15, 0.2) is 5.84 Å². The molecule has 0 amide bonds. The summed E-state index contributed by atoms with van der Waals surface area (Å²) < 4.78 is 19.3. The lowest BCUT2D eigenvalue weighted by atomic mass is 10.1. The third-order valence-corrected chi connectivity index (χ3v) is 3.34. The number of hydrogen-bond acceptors (Lipinski definition) is 4. The number of halogens is 1. The second-order valence-corrected chi connectivity index (χ2v) is 4.69. The Labute approximate surface area is 111 Å². The highest BCUT2D eigenvalue weighted by molar-refractivity contribution is 5.97. The Hall–Kier alpha value is -1.66. The molecule has 3 N–H and O–H groups in total. The van der Waals surface area contributed by atoms with Gasteiger partial charge < -0.3 is 15.7 Å². The first kappa shape index (κ1) is 13.8. The topological polar surface area (TPSA) is 71.1 Å². The van der Waals surface area contributed by atoms with Crippen LogP contribution in [0.5, 0.6) is 0 Å². The van der Waals surface area contributed by atoms with Gasteiger partial charge in [-0.3, -0.25) is 4.90 Å². The van der Waals surface area contributed by atoms with Crippen LogP contribution in [0.1, 0.15) is 18.1 Å². The van der Waals surface area contributed by atoms with Crippen molar-refractivity contribution >= 4 is 5.84 Å². The molecule has 0 aliphatic carbocycles. The van der Waals surface area contributed by atoms with Crippen molar-refractivity contribution in [2.75, 3.05) is 19.8 Å². The van der Waals surface area contributed by atoms with Crippen LogP contribution in [0.15, 0.2) is 23.4 Å². The van der Waals surface area contributed by atoms with E-state index >= 15 is 0 Å². The zero-order valence-electron chi connectivity index (χ0n) is 10.8. The van der Waals surface area contributed by atoms with Gasteiger partial charge in [0.1, 0.15) is 5.82 Å². The summed E-state index contributed by atoms with van der Waals surface area (Å²) in [5.74, 6) is -0.437. The van der Waals surface area contributed by atoms with Gasteiger partial charge in [0.05, 0.1) is 13.2 Å². The molecule has 1 aliphatic heterocycles. The number of ether oxygens (including phenoxy) is 1. The van der Waals surface area contributed by atoms with Crippen molar-refractivity contribution in [2.24, 2.45) is 10.9 Å². The highest BCUT2D eigenvalue weighted by atomic mass is 19.1. The van der Waals surface area contributed by atoms with Crippen molar-refractivity contribution in [3.8, 4) is 0 Å². The fraction of sp³-hybridized carbons (Fsp3) is 0.462. The first-order chi connectivity index (χ1) is 9.11. The summed E-state index contributed by atoms with van der Waals surface area (Å²) in [6, 6.07) is 4.88. The van der Waals surface area contributed by atoms with Crippen LogP contribution in [-0.4, -0.2) is 41.7 Å². The smallest absolute Gasteiger partial charge is 0.170 e.